The maximum atomic E-state index is 6.05. The Labute approximate surface area is 96.8 Å². The van der Waals surface area contributed by atoms with Crippen molar-refractivity contribution in [2.45, 2.75) is 25.9 Å². The topological polar surface area (TPSA) is 30.5 Å². The second-order valence-electron chi connectivity index (χ2n) is 4.63. The number of aryl methyl sites for hydroxylation is 1. The van der Waals surface area contributed by atoms with Crippen LogP contribution in [0.15, 0.2) is 18.2 Å². The zero-order valence-corrected chi connectivity index (χ0v) is 10.2. The zero-order valence-electron chi connectivity index (χ0n) is 10.2. The lowest BCUT2D eigenvalue weighted by molar-refractivity contribution is 0.106. The van der Waals surface area contributed by atoms with Gasteiger partial charge in [0.25, 0.3) is 0 Å². The van der Waals surface area contributed by atoms with Crippen LogP contribution in [0.5, 0.6) is 11.5 Å². The highest BCUT2D eigenvalue weighted by Crippen LogP contribution is 2.32. The van der Waals surface area contributed by atoms with E-state index in [0.29, 0.717) is 0 Å². The van der Waals surface area contributed by atoms with Crippen molar-refractivity contribution in [2.24, 2.45) is 0 Å². The molecule has 16 heavy (non-hydrogen) atoms. The normalized spacial score (nSPS) is 24.4. The molecule has 0 radical (unpaired) electrons. The second-order valence-corrected chi connectivity index (χ2v) is 4.63. The summed E-state index contributed by atoms with van der Waals surface area (Å²) < 4.78 is 11.4. The molecule has 1 unspecified atom stereocenters. The van der Waals surface area contributed by atoms with Crippen LogP contribution in [-0.2, 0) is 0 Å². The molecule has 0 spiro atoms. The summed E-state index contributed by atoms with van der Waals surface area (Å²) in [5.41, 5.74) is 1.07. The third-order valence-corrected chi connectivity index (χ3v) is 3.01. The van der Waals surface area contributed by atoms with Crippen LogP contribution in [0.4, 0.5) is 0 Å². The van der Waals surface area contributed by atoms with E-state index in [2.05, 4.69) is 12.2 Å². The monoisotopic (exact) mass is 221 g/mol. The first-order valence-electron chi connectivity index (χ1n) is 5.67. The van der Waals surface area contributed by atoms with Gasteiger partial charge < -0.3 is 14.8 Å². The lowest BCUT2D eigenvalue weighted by atomic mass is 10.1. The lowest BCUT2D eigenvalue weighted by Crippen LogP contribution is -2.34. The molecule has 0 aliphatic carbocycles. The summed E-state index contributed by atoms with van der Waals surface area (Å²) in [6, 6.07) is 6.03. The quantitative estimate of drug-likeness (QED) is 0.848. The lowest BCUT2D eigenvalue weighted by Gasteiger charge is -2.26. The summed E-state index contributed by atoms with van der Waals surface area (Å²) in [5, 5.41) is 3.32. The van der Waals surface area contributed by atoms with Crippen molar-refractivity contribution in [2.75, 3.05) is 20.2 Å². The van der Waals surface area contributed by atoms with Crippen LogP contribution < -0.4 is 14.8 Å². The average Bonchev–Trinajstić information content (AvgIpc) is 2.68. The summed E-state index contributed by atoms with van der Waals surface area (Å²) in [6.45, 7) is 6.09. The minimum atomic E-state index is -0.109. The molecular weight excluding hydrogens is 202 g/mol. The Morgan fingerprint density at radius 2 is 2.12 bits per heavy atom. The first-order valence-corrected chi connectivity index (χ1v) is 5.67. The number of hydrogen-bond donors (Lipinski definition) is 1. The van der Waals surface area contributed by atoms with Crippen LogP contribution in [0.25, 0.3) is 0 Å². The summed E-state index contributed by atoms with van der Waals surface area (Å²) in [4.78, 5) is 0. The fourth-order valence-corrected chi connectivity index (χ4v) is 2.01. The van der Waals surface area contributed by atoms with Gasteiger partial charge in [-0.1, -0.05) is 6.07 Å². The van der Waals surface area contributed by atoms with Gasteiger partial charge in [0.2, 0.25) is 0 Å². The van der Waals surface area contributed by atoms with Crippen molar-refractivity contribution in [3.8, 4) is 11.5 Å². The Bertz CT molecular complexity index is 370. The highest BCUT2D eigenvalue weighted by Gasteiger charge is 2.31. The predicted molar refractivity (Wildman–Crippen MR) is 64.3 cm³/mol. The van der Waals surface area contributed by atoms with E-state index in [9.17, 15) is 0 Å². The Kier molecular flexibility index (Phi) is 3.06. The number of ether oxygens (including phenoxy) is 2. The SMILES string of the molecule is COc1cc(C)ccc1OC1(C)CCNC1. The van der Waals surface area contributed by atoms with Gasteiger partial charge in [0.1, 0.15) is 5.60 Å². The second kappa shape index (κ2) is 4.34. The zero-order chi connectivity index (χ0) is 11.6. The number of nitrogens with one attached hydrogen (secondary N) is 1. The number of rotatable bonds is 3. The van der Waals surface area contributed by atoms with Crippen molar-refractivity contribution in [3.05, 3.63) is 23.8 Å². The number of methoxy groups -OCH3 is 1. The van der Waals surface area contributed by atoms with Gasteiger partial charge in [-0.25, -0.2) is 0 Å². The molecule has 1 saturated heterocycles. The number of hydrogen-bond acceptors (Lipinski definition) is 3. The van der Waals surface area contributed by atoms with Crippen molar-refractivity contribution in [1.82, 2.24) is 5.32 Å². The van der Waals surface area contributed by atoms with E-state index in [0.717, 1.165) is 31.0 Å². The maximum absolute atomic E-state index is 6.05. The smallest absolute Gasteiger partial charge is 0.162 e. The predicted octanol–water partition coefficient (Wildman–Crippen LogP) is 2.13. The van der Waals surface area contributed by atoms with Crippen LogP contribution in [-0.4, -0.2) is 25.8 Å². The van der Waals surface area contributed by atoms with Gasteiger partial charge in [0, 0.05) is 13.0 Å². The molecule has 3 nitrogen and oxygen atoms in total. The molecule has 0 amide bonds. The van der Waals surface area contributed by atoms with E-state index < -0.39 is 0 Å². The molecule has 3 heteroatoms. The fraction of sp³-hybridized carbons (Fsp3) is 0.538. The van der Waals surface area contributed by atoms with Gasteiger partial charge in [-0.2, -0.15) is 0 Å². The summed E-state index contributed by atoms with van der Waals surface area (Å²) >= 11 is 0. The molecule has 1 aliphatic heterocycles. The average molecular weight is 221 g/mol. The van der Waals surface area contributed by atoms with E-state index in [1.807, 2.05) is 25.1 Å². The molecule has 1 atom stereocenters. The highest BCUT2D eigenvalue weighted by molar-refractivity contribution is 5.43. The van der Waals surface area contributed by atoms with E-state index >= 15 is 0 Å². The maximum Gasteiger partial charge on any atom is 0.162 e. The van der Waals surface area contributed by atoms with E-state index in [1.165, 1.54) is 5.56 Å². The van der Waals surface area contributed by atoms with E-state index in [4.69, 9.17) is 9.47 Å². The van der Waals surface area contributed by atoms with Crippen LogP contribution in [0, 0.1) is 6.92 Å². The molecule has 0 saturated carbocycles. The first-order chi connectivity index (χ1) is 7.63. The molecule has 88 valence electrons. The van der Waals surface area contributed by atoms with Crippen molar-refractivity contribution >= 4 is 0 Å². The minimum Gasteiger partial charge on any atom is -0.493 e. The molecule has 1 aliphatic rings. The molecule has 1 heterocycles. The molecule has 0 aromatic heterocycles. The van der Waals surface area contributed by atoms with E-state index in [-0.39, 0.29) is 5.60 Å². The third kappa shape index (κ3) is 2.30. The Balaban J connectivity index is 2.20. The van der Waals surface area contributed by atoms with Crippen molar-refractivity contribution in [3.63, 3.8) is 0 Å². The van der Waals surface area contributed by atoms with Gasteiger partial charge in [0.05, 0.1) is 7.11 Å². The Morgan fingerprint density at radius 1 is 1.31 bits per heavy atom. The molecule has 1 aromatic carbocycles. The van der Waals surface area contributed by atoms with Crippen molar-refractivity contribution < 1.29 is 9.47 Å². The summed E-state index contributed by atoms with van der Waals surface area (Å²) in [6.07, 6.45) is 1.03. The highest BCUT2D eigenvalue weighted by atomic mass is 16.5. The minimum absolute atomic E-state index is 0.109. The first kappa shape index (κ1) is 11.3. The molecule has 1 aromatic rings. The van der Waals surface area contributed by atoms with Gasteiger partial charge in [-0.3, -0.25) is 0 Å². The molecule has 1 N–H and O–H groups in total. The van der Waals surface area contributed by atoms with Gasteiger partial charge >= 0.3 is 0 Å². The largest absolute Gasteiger partial charge is 0.493 e. The van der Waals surface area contributed by atoms with Gasteiger partial charge in [0.15, 0.2) is 11.5 Å². The molecule has 2 rings (SSSR count). The van der Waals surface area contributed by atoms with Crippen LogP contribution in [0.3, 0.4) is 0 Å². The Morgan fingerprint density at radius 3 is 2.75 bits per heavy atom. The standard InChI is InChI=1S/C13H19NO2/c1-10-4-5-11(12(8-10)15-3)16-13(2)6-7-14-9-13/h4-5,8,14H,6-7,9H2,1-3H3. The number of benzene rings is 1. The van der Waals surface area contributed by atoms with Crippen LogP contribution in [0.1, 0.15) is 18.9 Å². The van der Waals surface area contributed by atoms with Crippen LogP contribution >= 0.6 is 0 Å². The third-order valence-electron chi connectivity index (χ3n) is 3.01. The molecular formula is C13H19NO2. The fourth-order valence-electron chi connectivity index (χ4n) is 2.01. The Hall–Kier alpha value is -1.22. The summed E-state index contributed by atoms with van der Waals surface area (Å²) in [5.74, 6) is 1.65. The molecule has 0 bridgehead atoms. The van der Waals surface area contributed by atoms with Crippen LogP contribution in [0.2, 0.25) is 0 Å². The van der Waals surface area contributed by atoms with Gasteiger partial charge in [-0.15, -0.1) is 0 Å². The molecule has 1 fully saturated rings. The van der Waals surface area contributed by atoms with Gasteiger partial charge in [-0.05, 0) is 38.1 Å². The summed E-state index contributed by atoms with van der Waals surface area (Å²) in [7, 11) is 1.68. The van der Waals surface area contributed by atoms with Crippen molar-refractivity contribution in [1.29, 1.82) is 0 Å². The van der Waals surface area contributed by atoms with E-state index in [1.54, 1.807) is 7.11 Å².